The van der Waals surface area contributed by atoms with Crippen molar-refractivity contribution in [2.24, 2.45) is 0 Å². The smallest absolute Gasteiger partial charge is 0.307 e. The molecule has 5 nitrogen and oxygen atoms in total. The molecule has 15 heavy (non-hydrogen) atoms. The molecule has 0 radical (unpaired) electrons. The van der Waals surface area contributed by atoms with Crippen LogP contribution in [0.4, 0.5) is 0 Å². The van der Waals surface area contributed by atoms with E-state index in [1.54, 1.807) is 18.2 Å². The first-order chi connectivity index (χ1) is 7.17. The van der Waals surface area contributed by atoms with Crippen LogP contribution in [-0.4, -0.2) is 22.7 Å². The molecule has 0 aliphatic rings. The molecule has 0 saturated heterocycles. The summed E-state index contributed by atoms with van der Waals surface area (Å²) in [5.41, 5.74) is 0.606. The first kappa shape index (κ1) is 11.7. The van der Waals surface area contributed by atoms with Crippen LogP contribution in [0.3, 0.4) is 0 Å². The zero-order chi connectivity index (χ0) is 11.3. The van der Waals surface area contributed by atoms with E-state index in [0.29, 0.717) is 17.1 Å². The molecule has 0 bridgehead atoms. The highest BCUT2D eigenvalue weighted by Crippen LogP contribution is 2.30. The van der Waals surface area contributed by atoms with Gasteiger partial charge in [-0.25, -0.2) is 0 Å². The Hall–Kier alpha value is -1.40. The van der Waals surface area contributed by atoms with Crippen molar-refractivity contribution in [2.45, 2.75) is 6.42 Å². The van der Waals surface area contributed by atoms with E-state index in [1.165, 1.54) is 7.11 Å². The van der Waals surface area contributed by atoms with Gasteiger partial charge < -0.3 is 14.0 Å². The fraction of sp³-hybridized carbons (Fsp3) is 0.222. The lowest BCUT2D eigenvalue weighted by Gasteiger charge is -2.07. The summed E-state index contributed by atoms with van der Waals surface area (Å²) in [5, 5.41) is 8.59. The van der Waals surface area contributed by atoms with E-state index in [9.17, 15) is 4.79 Å². The number of ether oxygens (including phenoxy) is 1. The van der Waals surface area contributed by atoms with E-state index in [-0.39, 0.29) is 18.7 Å². The summed E-state index contributed by atoms with van der Waals surface area (Å²) >= 11 is 0.208. The van der Waals surface area contributed by atoms with Gasteiger partial charge in [-0.15, -0.1) is 0 Å². The van der Waals surface area contributed by atoms with Gasteiger partial charge in [-0.3, -0.25) is 9.35 Å². The summed E-state index contributed by atoms with van der Waals surface area (Å²) < 4.78 is 18.3. The van der Waals surface area contributed by atoms with Gasteiger partial charge >= 0.3 is 5.97 Å². The average Bonchev–Trinajstić information content (AvgIpc) is 2.20. The molecule has 2 N–H and O–H groups in total. The number of hydrogen-bond acceptors (Lipinski definition) is 5. The Morgan fingerprint density at radius 3 is 2.73 bits per heavy atom. The molecule has 6 heteroatoms. The van der Waals surface area contributed by atoms with Crippen molar-refractivity contribution in [3.05, 3.63) is 23.8 Å². The van der Waals surface area contributed by atoms with Crippen molar-refractivity contribution < 1.29 is 23.4 Å². The van der Waals surface area contributed by atoms with Gasteiger partial charge in [-0.2, -0.15) is 0 Å². The van der Waals surface area contributed by atoms with Crippen molar-refractivity contribution in [3.8, 4) is 11.5 Å². The number of benzene rings is 1. The van der Waals surface area contributed by atoms with Crippen LogP contribution >= 0.6 is 12.3 Å². The number of rotatable bonds is 5. The number of aliphatic carboxylic acids is 1. The third-order valence-electron chi connectivity index (χ3n) is 1.71. The van der Waals surface area contributed by atoms with Gasteiger partial charge in [0.15, 0.2) is 11.5 Å². The van der Waals surface area contributed by atoms with Crippen LogP contribution in [0, 0.1) is 0 Å². The minimum absolute atomic E-state index is 0.0804. The third kappa shape index (κ3) is 3.34. The van der Waals surface area contributed by atoms with Crippen molar-refractivity contribution in [1.29, 1.82) is 0 Å². The highest BCUT2D eigenvalue weighted by molar-refractivity contribution is 7.89. The lowest BCUT2D eigenvalue weighted by molar-refractivity contribution is -0.136. The van der Waals surface area contributed by atoms with Gasteiger partial charge in [0.1, 0.15) is 0 Å². The summed E-state index contributed by atoms with van der Waals surface area (Å²) in [4.78, 5) is 10.5. The van der Waals surface area contributed by atoms with Gasteiger partial charge in [-0.05, 0) is 17.7 Å². The van der Waals surface area contributed by atoms with Crippen LogP contribution in [0.2, 0.25) is 0 Å². The van der Waals surface area contributed by atoms with E-state index in [1.807, 2.05) is 0 Å². The van der Waals surface area contributed by atoms with Crippen LogP contribution in [0.5, 0.6) is 11.5 Å². The number of hydrogen-bond donors (Lipinski definition) is 2. The van der Waals surface area contributed by atoms with E-state index in [2.05, 4.69) is 0 Å². The van der Waals surface area contributed by atoms with Crippen LogP contribution in [0.15, 0.2) is 18.2 Å². The van der Waals surface area contributed by atoms with Gasteiger partial charge in [0.25, 0.3) is 0 Å². The Morgan fingerprint density at radius 2 is 2.20 bits per heavy atom. The van der Waals surface area contributed by atoms with E-state index >= 15 is 0 Å². The number of carboxylic acid groups (broad SMARTS) is 1. The van der Waals surface area contributed by atoms with Crippen molar-refractivity contribution in [2.75, 3.05) is 7.11 Å². The van der Waals surface area contributed by atoms with Gasteiger partial charge in [-0.1, -0.05) is 6.07 Å². The molecule has 0 aromatic heterocycles. The van der Waals surface area contributed by atoms with Gasteiger partial charge in [0.2, 0.25) is 12.3 Å². The Kier molecular flexibility index (Phi) is 4.26. The number of methoxy groups -OCH3 is 1. The molecule has 82 valence electrons. The molecule has 0 aliphatic heterocycles. The predicted octanol–water partition coefficient (Wildman–Crippen LogP) is 1.82. The zero-order valence-corrected chi connectivity index (χ0v) is 8.78. The Morgan fingerprint density at radius 1 is 1.47 bits per heavy atom. The van der Waals surface area contributed by atoms with Crippen molar-refractivity contribution in [3.63, 3.8) is 0 Å². The summed E-state index contributed by atoms with van der Waals surface area (Å²) in [6.07, 6.45) is -0.0804. The second-order valence-corrected chi connectivity index (χ2v) is 3.03. The van der Waals surface area contributed by atoms with E-state index < -0.39 is 5.97 Å². The molecular formula is C9H10O5S. The summed E-state index contributed by atoms with van der Waals surface area (Å²) in [6.45, 7) is 0. The normalized spacial score (nSPS) is 9.73. The molecule has 0 amide bonds. The second kappa shape index (κ2) is 5.47. The molecule has 0 heterocycles. The standard InChI is InChI=1S/C9H10O5S/c1-13-8-4-6(5-9(10)11)2-3-7(8)14-15-12/h2-4,12H,5H2,1H3,(H,10,11). The Balaban J connectivity index is 2.91. The monoisotopic (exact) mass is 230 g/mol. The highest BCUT2D eigenvalue weighted by Gasteiger charge is 2.08. The van der Waals surface area contributed by atoms with Crippen LogP contribution in [0.1, 0.15) is 5.56 Å². The fourth-order valence-electron chi connectivity index (χ4n) is 1.11. The zero-order valence-electron chi connectivity index (χ0n) is 7.97. The Labute approximate surface area is 91.0 Å². The number of carboxylic acids is 1. The molecule has 0 unspecified atom stereocenters. The summed E-state index contributed by atoms with van der Waals surface area (Å²) in [6, 6.07) is 4.70. The Bertz CT molecular complexity index is 352. The van der Waals surface area contributed by atoms with Gasteiger partial charge in [0, 0.05) is 0 Å². The maximum absolute atomic E-state index is 10.5. The second-order valence-electron chi connectivity index (χ2n) is 2.71. The molecular weight excluding hydrogens is 220 g/mol. The molecule has 0 atom stereocenters. The highest BCUT2D eigenvalue weighted by atomic mass is 32.2. The van der Waals surface area contributed by atoms with Crippen molar-refractivity contribution >= 4 is 18.3 Å². The van der Waals surface area contributed by atoms with E-state index in [0.717, 1.165) is 0 Å². The van der Waals surface area contributed by atoms with Gasteiger partial charge in [0.05, 0.1) is 13.5 Å². The van der Waals surface area contributed by atoms with Crippen LogP contribution in [0.25, 0.3) is 0 Å². The predicted molar refractivity (Wildman–Crippen MR) is 55.2 cm³/mol. The number of carbonyl (C=O) groups is 1. The molecule has 1 aromatic carbocycles. The lowest BCUT2D eigenvalue weighted by atomic mass is 10.1. The molecule has 1 rings (SSSR count). The SMILES string of the molecule is COc1cc(CC(=O)O)ccc1OSO. The average molecular weight is 230 g/mol. The van der Waals surface area contributed by atoms with Crippen molar-refractivity contribution in [1.82, 2.24) is 0 Å². The molecule has 0 saturated carbocycles. The quantitative estimate of drug-likeness (QED) is 0.751. The first-order valence-electron chi connectivity index (χ1n) is 4.04. The fourth-order valence-corrected chi connectivity index (χ4v) is 1.32. The molecule has 0 fully saturated rings. The minimum Gasteiger partial charge on any atom is -0.493 e. The van der Waals surface area contributed by atoms with Crippen LogP contribution < -0.4 is 8.92 Å². The largest absolute Gasteiger partial charge is 0.493 e. The first-order valence-corrected chi connectivity index (χ1v) is 4.74. The topological polar surface area (TPSA) is 76.0 Å². The van der Waals surface area contributed by atoms with E-state index in [4.69, 9.17) is 18.6 Å². The molecule has 0 spiro atoms. The third-order valence-corrected chi connectivity index (χ3v) is 1.96. The van der Waals surface area contributed by atoms with Crippen LogP contribution in [-0.2, 0) is 11.2 Å². The summed E-state index contributed by atoms with van der Waals surface area (Å²) in [5.74, 6) is -0.184. The molecule has 1 aromatic rings. The lowest BCUT2D eigenvalue weighted by Crippen LogP contribution is -2.00. The maximum Gasteiger partial charge on any atom is 0.307 e. The molecule has 0 aliphatic carbocycles. The minimum atomic E-state index is -0.915. The summed E-state index contributed by atoms with van der Waals surface area (Å²) in [7, 11) is 1.44. The maximum atomic E-state index is 10.5.